The number of rotatable bonds is 3. The van der Waals surface area contributed by atoms with Crippen molar-refractivity contribution in [1.82, 2.24) is 10.3 Å². The Morgan fingerprint density at radius 3 is 2.59 bits per heavy atom. The fourth-order valence-electron chi connectivity index (χ4n) is 1.74. The van der Waals surface area contributed by atoms with E-state index in [1.165, 1.54) is 6.92 Å². The molecule has 0 aliphatic heterocycles. The third kappa shape index (κ3) is 2.71. The van der Waals surface area contributed by atoms with Crippen molar-refractivity contribution in [1.29, 1.82) is 0 Å². The van der Waals surface area contributed by atoms with Crippen molar-refractivity contribution in [3.63, 3.8) is 0 Å². The quantitative estimate of drug-likeness (QED) is 0.904. The van der Waals surface area contributed by atoms with E-state index in [1.54, 1.807) is 11.3 Å². The molecule has 1 unspecified atom stereocenters. The van der Waals surface area contributed by atoms with E-state index >= 15 is 0 Å². The van der Waals surface area contributed by atoms with Crippen LogP contribution in [-0.4, -0.2) is 10.9 Å². The van der Waals surface area contributed by atoms with Crippen molar-refractivity contribution in [3.05, 3.63) is 52.0 Å². The summed E-state index contributed by atoms with van der Waals surface area (Å²) in [6.07, 6.45) is 0. The summed E-state index contributed by atoms with van der Waals surface area (Å²) in [4.78, 5) is 16.6. The lowest BCUT2D eigenvalue weighted by molar-refractivity contribution is -0.119. The molecule has 0 aliphatic carbocycles. The van der Waals surface area contributed by atoms with Gasteiger partial charge in [-0.05, 0) is 12.5 Å². The molecule has 1 aromatic heterocycles. The second kappa shape index (κ2) is 5.10. The number of hydrogen-bond acceptors (Lipinski definition) is 3. The SMILES string of the molecule is CC(=O)NC(c1ccccc1)c1scnc1C. The van der Waals surface area contributed by atoms with Gasteiger partial charge in [0.25, 0.3) is 0 Å². The monoisotopic (exact) mass is 246 g/mol. The highest BCUT2D eigenvalue weighted by Gasteiger charge is 2.18. The molecule has 0 radical (unpaired) electrons. The van der Waals surface area contributed by atoms with Crippen LogP contribution in [0.3, 0.4) is 0 Å². The Hall–Kier alpha value is -1.68. The summed E-state index contributed by atoms with van der Waals surface area (Å²) in [7, 11) is 0. The smallest absolute Gasteiger partial charge is 0.217 e. The summed E-state index contributed by atoms with van der Waals surface area (Å²) in [5.74, 6) is -0.0355. The van der Waals surface area contributed by atoms with Crippen LogP contribution in [-0.2, 0) is 4.79 Å². The number of nitrogens with zero attached hydrogens (tertiary/aromatic N) is 1. The van der Waals surface area contributed by atoms with Crippen LogP contribution < -0.4 is 5.32 Å². The molecule has 0 bridgehead atoms. The summed E-state index contributed by atoms with van der Waals surface area (Å²) < 4.78 is 0. The Kier molecular flexibility index (Phi) is 3.54. The molecule has 0 spiro atoms. The maximum atomic E-state index is 11.3. The highest BCUT2D eigenvalue weighted by Crippen LogP contribution is 2.27. The molecular weight excluding hydrogens is 232 g/mol. The number of hydrogen-bond donors (Lipinski definition) is 1. The summed E-state index contributed by atoms with van der Waals surface area (Å²) in [5, 5.41) is 2.97. The predicted molar refractivity (Wildman–Crippen MR) is 69.0 cm³/mol. The first kappa shape index (κ1) is 11.8. The Labute approximate surface area is 105 Å². The van der Waals surface area contributed by atoms with Crippen molar-refractivity contribution in [2.75, 3.05) is 0 Å². The summed E-state index contributed by atoms with van der Waals surface area (Å²) in [6.45, 7) is 3.50. The Balaban J connectivity index is 2.39. The molecule has 0 saturated carbocycles. The minimum absolute atomic E-state index is 0.0355. The lowest BCUT2D eigenvalue weighted by Gasteiger charge is -2.17. The van der Waals surface area contributed by atoms with Gasteiger partial charge in [0.2, 0.25) is 5.91 Å². The van der Waals surface area contributed by atoms with Crippen LogP contribution in [0.25, 0.3) is 0 Å². The van der Waals surface area contributed by atoms with Gasteiger partial charge in [0, 0.05) is 6.92 Å². The summed E-state index contributed by atoms with van der Waals surface area (Å²) in [5.41, 5.74) is 3.86. The number of carbonyl (C=O) groups excluding carboxylic acids is 1. The molecule has 0 saturated heterocycles. The number of aryl methyl sites for hydroxylation is 1. The number of carbonyl (C=O) groups is 1. The van der Waals surface area contributed by atoms with Gasteiger partial charge in [0.15, 0.2) is 0 Å². The highest BCUT2D eigenvalue weighted by atomic mass is 32.1. The molecule has 0 aliphatic rings. The van der Waals surface area contributed by atoms with Gasteiger partial charge in [0.1, 0.15) is 0 Å². The maximum Gasteiger partial charge on any atom is 0.217 e. The third-order valence-electron chi connectivity index (χ3n) is 2.53. The van der Waals surface area contributed by atoms with Gasteiger partial charge in [-0.3, -0.25) is 4.79 Å². The van der Waals surface area contributed by atoms with Crippen LogP contribution in [0.4, 0.5) is 0 Å². The number of nitrogens with one attached hydrogen (secondary N) is 1. The second-order valence-corrected chi connectivity index (χ2v) is 4.73. The Morgan fingerprint density at radius 2 is 2.06 bits per heavy atom. The standard InChI is InChI=1S/C13H14N2OS/c1-9-13(17-8-14-9)12(15-10(2)16)11-6-4-3-5-7-11/h3-8,12H,1-2H3,(H,15,16). The topological polar surface area (TPSA) is 42.0 Å². The van der Waals surface area contributed by atoms with Gasteiger partial charge in [-0.25, -0.2) is 4.98 Å². The van der Waals surface area contributed by atoms with E-state index in [2.05, 4.69) is 10.3 Å². The second-order valence-electron chi connectivity index (χ2n) is 3.85. The average molecular weight is 246 g/mol. The molecule has 4 heteroatoms. The molecule has 88 valence electrons. The van der Waals surface area contributed by atoms with Crippen LogP contribution >= 0.6 is 11.3 Å². The van der Waals surface area contributed by atoms with E-state index in [0.29, 0.717) is 0 Å². The fraction of sp³-hybridized carbons (Fsp3) is 0.231. The summed E-state index contributed by atoms with van der Waals surface area (Å²) >= 11 is 1.57. The molecule has 3 nitrogen and oxygen atoms in total. The Bertz CT molecular complexity index is 507. The largest absolute Gasteiger partial charge is 0.345 e. The van der Waals surface area contributed by atoms with Crippen molar-refractivity contribution < 1.29 is 4.79 Å². The van der Waals surface area contributed by atoms with Gasteiger partial charge in [-0.15, -0.1) is 11.3 Å². The highest BCUT2D eigenvalue weighted by molar-refractivity contribution is 7.09. The van der Waals surface area contributed by atoms with Crippen LogP contribution in [0.2, 0.25) is 0 Å². The zero-order valence-corrected chi connectivity index (χ0v) is 10.6. The lowest BCUT2D eigenvalue weighted by atomic mass is 10.0. The molecule has 0 fully saturated rings. The van der Waals surface area contributed by atoms with Crippen molar-refractivity contribution >= 4 is 17.2 Å². The van der Waals surface area contributed by atoms with Crippen LogP contribution in [0.1, 0.15) is 29.1 Å². The van der Waals surface area contributed by atoms with Crippen molar-refractivity contribution in [2.45, 2.75) is 19.9 Å². The number of aromatic nitrogens is 1. The van der Waals surface area contributed by atoms with Crippen molar-refractivity contribution in [2.24, 2.45) is 0 Å². The van der Waals surface area contributed by atoms with E-state index in [4.69, 9.17) is 0 Å². The number of thiazole rings is 1. The molecule has 1 aromatic carbocycles. The molecule has 2 aromatic rings. The van der Waals surface area contributed by atoms with E-state index in [9.17, 15) is 4.79 Å². The molecule has 1 atom stereocenters. The van der Waals surface area contributed by atoms with Crippen molar-refractivity contribution in [3.8, 4) is 0 Å². The molecule has 2 rings (SSSR count). The third-order valence-corrected chi connectivity index (χ3v) is 3.52. The molecule has 17 heavy (non-hydrogen) atoms. The fourth-order valence-corrected chi connectivity index (χ4v) is 2.62. The minimum atomic E-state index is -0.0961. The van der Waals surface area contributed by atoms with Crippen LogP contribution in [0.15, 0.2) is 35.8 Å². The number of amides is 1. The van der Waals surface area contributed by atoms with E-state index in [-0.39, 0.29) is 11.9 Å². The van der Waals surface area contributed by atoms with E-state index in [1.807, 2.05) is 42.8 Å². The van der Waals surface area contributed by atoms with Gasteiger partial charge < -0.3 is 5.32 Å². The first-order valence-corrected chi connectivity index (χ1v) is 6.28. The van der Waals surface area contributed by atoms with Gasteiger partial charge in [-0.2, -0.15) is 0 Å². The van der Waals surface area contributed by atoms with Gasteiger partial charge >= 0.3 is 0 Å². The van der Waals surface area contributed by atoms with Gasteiger partial charge in [-0.1, -0.05) is 30.3 Å². The van der Waals surface area contributed by atoms with Crippen LogP contribution in [0, 0.1) is 6.92 Å². The minimum Gasteiger partial charge on any atom is -0.345 e. The zero-order valence-electron chi connectivity index (χ0n) is 9.81. The molecule has 1 amide bonds. The molecule has 1 heterocycles. The average Bonchev–Trinajstić information content (AvgIpc) is 2.73. The van der Waals surface area contributed by atoms with E-state index < -0.39 is 0 Å². The first-order valence-electron chi connectivity index (χ1n) is 5.40. The summed E-state index contributed by atoms with van der Waals surface area (Å²) in [6, 6.07) is 9.84. The number of benzene rings is 1. The normalized spacial score (nSPS) is 12.1. The first-order chi connectivity index (χ1) is 8.18. The molecule has 1 N–H and O–H groups in total. The lowest BCUT2D eigenvalue weighted by Crippen LogP contribution is -2.26. The zero-order chi connectivity index (χ0) is 12.3. The van der Waals surface area contributed by atoms with Crippen LogP contribution in [0.5, 0.6) is 0 Å². The van der Waals surface area contributed by atoms with Gasteiger partial charge in [0.05, 0.1) is 22.1 Å². The van der Waals surface area contributed by atoms with E-state index in [0.717, 1.165) is 16.1 Å². The molecular formula is C13H14N2OS. The maximum absolute atomic E-state index is 11.3. The Morgan fingerprint density at radius 1 is 1.35 bits per heavy atom. The predicted octanol–water partition coefficient (Wildman–Crippen LogP) is 2.68.